The minimum absolute atomic E-state index is 0.0502. The number of carbonyl (C=O) groups is 1. The molecule has 1 aliphatic rings. The monoisotopic (exact) mass is 162 g/mol. The lowest BCUT2D eigenvalue weighted by Crippen LogP contribution is -2.13. The highest BCUT2D eigenvalue weighted by atomic mass is 16.1. The quantitative estimate of drug-likeness (QED) is 0.694. The van der Waals surface area contributed by atoms with Crippen LogP contribution in [0.3, 0.4) is 0 Å². The topological polar surface area (TPSA) is 56.0 Å². The third-order valence-corrected chi connectivity index (χ3v) is 2.27. The summed E-state index contributed by atoms with van der Waals surface area (Å²) in [5.74, 6) is 0.189. The van der Waals surface area contributed by atoms with Crippen LogP contribution in [0.1, 0.15) is 17.9 Å². The van der Waals surface area contributed by atoms with Crippen molar-refractivity contribution in [2.24, 2.45) is 11.7 Å². The first-order valence-electron chi connectivity index (χ1n) is 3.98. The molecule has 2 atom stereocenters. The number of hydrogen-bond acceptors (Lipinski definition) is 2. The predicted molar refractivity (Wildman–Crippen MR) is 44.3 cm³/mol. The zero-order valence-corrected chi connectivity index (χ0v) is 6.60. The molecule has 1 aromatic rings. The number of nitrogens with two attached hydrogens (primary N) is 1. The third-order valence-electron chi connectivity index (χ3n) is 2.27. The van der Waals surface area contributed by atoms with Crippen LogP contribution in [0.5, 0.6) is 0 Å². The van der Waals surface area contributed by atoms with Crippen molar-refractivity contribution in [2.45, 2.75) is 12.3 Å². The molecule has 2 N–H and O–H groups in total. The van der Waals surface area contributed by atoms with Gasteiger partial charge in [0.25, 0.3) is 0 Å². The Bertz CT molecular complexity index is 297. The van der Waals surface area contributed by atoms with Crippen LogP contribution >= 0.6 is 0 Å². The Morgan fingerprint density at radius 1 is 1.67 bits per heavy atom. The van der Waals surface area contributed by atoms with Crippen molar-refractivity contribution in [1.29, 1.82) is 0 Å². The van der Waals surface area contributed by atoms with Crippen LogP contribution < -0.4 is 5.73 Å². The molecule has 1 saturated carbocycles. The SMILES string of the molecule is NC(=O)[C@@H]1C[C@H]1c1cccnc1. The minimum atomic E-state index is -0.191. The first kappa shape index (κ1) is 7.28. The number of primary amides is 1. The van der Waals surface area contributed by atoms with Crippen molar-refractivity contribution in [3.63, 3.8) is 0 Å². The van der Waals surface area contributed by atoms with E-state index < -0.39 is 0 Å². The Morgan fingerprint density at radius 3 is 3.00 bits per heavy atom. The molecule has 0 unspecified atom stereocenters. The molecule has 0 aromatic carbocycles. The molecule has 1 amide bonds. The summed E-state index contributed by atoms with van der Waals surface area (Å²) in [5, 5.41) is 0. The highest BCUT2D eigenvalue weighted by Gasteiger charge is 2.42. The highest BCUT2D eigenvalue weighted by Crippen LogP contribution is 2.46. The Labute approximate surface area is 70.6 Å². The van der Waals surface area contributed by atoms with Crippen LogP contribution in [-0.2, 0) is 4.79 Å². The van der Waals surface area contributed by atoms with Crippen molar-refractivity contribution in [3.8, 4) is 0 Å². The summed E-state index contributed by atoms with van der Waals surface area (Å²) in [7, 11) is 0. The van der Waals surface area contributed by atoms with E-state index in [-0.39, 0.29) is 11.8 Å². The number of nitrogens with zero attached hydrogens (tertiary/aromatic N) is 1. The fourth-order valence-electron chi connectivity index (χ4n) is 1.47. The molecule has 12 heavy (non-hydrogen) atoms. The van der Waals surface area contributed by atoms with Gasteiger partial charge in [0.1, 0.15) is 0 Å². The molecule has 0 spiro atoms. The summed E-state index contributed by atoms with van der Waals surface area (Å²) in [6.07, 6.45) is 4.42. The van der Waals surface area contributed by atoms with Crippen LogP contribution in [0.15, 0.2) is 24.5 Å². The van der Waals surface area contributed by atoms with Gasteiger partial charge >= 0.3 is 0 Å². The van der Waals surface area contributed by atoms with Crippen molar-refractivity contribution in [2.75, 3.05) is 0 Å². The lowest BCUT2D eigenvalue weighted by atomic mass is 10.1. The van der Waals surface area contributed by atoms with E-state index in [1.807, 2.05) is 12.1 Å². The Hall–Kier alpha value is -1.38. The normalized spacial score (nSPS) is 26.7. The molecular formula is C9H10N2O. The van der Waals surface area contributed by atoms with Crippen molar-refractivity contribution in [3.05, 3.63) is 30.1 Å². The maximum atomic E-state index is 10.7. The molecule has 0 aliphatic heterocycles. The predicted octanol–water partition coefficient (Wildman–Crippen LogP) is 0.670. The van der Waals surface area contributed by atoms with E-state index in [2.05, 4.69) is 4.98 Å². The van der Waals surface area contributed by atoms with Crippen LogP contribution in [0.2, 0.25) is 0 Å². The molecule has 2 rings (SSSR count). The van der Waals surface area contributed by atoms with Crippen LogP contribution in [-0.4, -0.2) is 10.9 Å². The van der Waals surface area contributed by atoms with E-state index in [0.29, 0.717) is 5.92 Å². The zero-order chi connectivity index (χ0) is 8.55. The molecular weight excluding hydrogens is 152 g/mol. The second-order valence-corrected chi connectivity index (χ2v) is 3.14. The lowest BCUT2D eigenvalue weighted by Gasteiger charge is -1.95. The van der Waals surface area contributed by atoms with Gasteiger partial charge in [-0.15, -0.1) is 0 Å². The molecule has 3 heteroatoms. The van der Waals surface area contributed by atoms with Gasteiger partial charge < -0.3 is 5.73 Å². The fourth-order valence-corrected chi connectivity index (χ4v) is 1.47. The first-order chi connectivity index (χ1) is 5.79. The van der Waals surface area contributed by atoms with Crippen LogP contribution in [0.25, 0.3) is 0 Å². The lowest BCUT2D eigenvalue weighted by molar-refractivity contribution is -0.119. The van der Waals surface area contributed by atoms with E-state index in [0.717, 1.165) is 12.0 Å². The second-order valence-electron chi connectivity index (χ2n) is 3.14. The zero-order valence-electron chi connectivity index (χ0n) is 6.60. The standard InChI is InChI=1S/C9H10N2O/c10-9(12)8-4-7(8)6-2-1-3-11-5-6/h1-3,5,7-8H,4H2,(H2,10,12)/t7-,8+/m0/s1. The summed E-state index contributed by atoms with van der Waals surface area (Å²) in [5.41, 5.74) is 6.29. The molecule has 1 fully saturated rings. The maximum absolute atomic E-state index is 10.7. The Kier molecular flexibility index (Phi) is 1.57. The van der Waals surface area contributed by atoms with Crippen molar-refractivity contribution < 1.29 is 4.79 Å². The van der Waals surface area contributed by atoms with Crippen molar-refractivity contribution >= 4 is 5.91 Å². The van der Waals surface area contributed by atoms with Crippen LogP contribution in [0.4, 0.5) is 0 Å². The van der Waals surface area contributed by atoms with Gasteiger partial charge in [-0.25, -0.2) is 0 Å². The number of amides is 1. The van der Waals surface area contributed by atoms with Gasteiger partial charge in [0, 0.05) is 18.3 Å². The summed E-state index contributed by atoms with van der Waals surface area (Å²) in [6.45, 7) is 0. The maximum Gasteiger partial charge on any atom is 0.221 e. The van der Waals surface area contributed by atoms with Crippen molar-refractivity contribution in [1.82, 2.24) is 4.98 Å². The smallest absolute Gasteiger partial charge is 0.221 e. The number of hydrogen-bond donors (Lipinski definition) is 1. The Balaban J connectivity index is 2.11. The average Bonchev–Trinajstić information content (AvgIpc) is 2.84. The van der Waals surface area contributed by atoms with Gasteiger partial charge in [0.05, 0.1) is 0 Å². The van der Waals surface area contributed by atoms with E-state index in [9.17, 15) is 4.79 Å². The van der Waals surface area contributed by atoms with E-state index >= 15 is 0 Å². The number of rotatable bonds is 2. The number of pyridine rings is 1. The molecule has 1 aromatic heterocycles. The molecule has 1 heterocycles. The summed E-state index contributed by atoms with van der Waals surface area (Å²) in [6, 6.07) is 3.87. The molecule has 0 saturated heterocycles. The second kappa shape index (κ2) is 2.59. The van der Waals surface area contributed by atoms with Crippen LogP contribution in [0, 0.1) is 5.92 Å². The van der Waals surface area contributed by atoms with Gasteiger partial charge in [0.15, 0.2) is 0 Å². The van der Waals surface area contributed by atoms with Gasteiger partial charge in [-0.2, -0.15) is 0 Å². The number of carbonyl (C=O) groups excluding carboxylic acids is 1. The van der Waals surface area contributed by atoms with Gasteiger partial charge in [-0.05, 0) is 24.0 Å². The van der Waals surface area contributed by atoms with Gasteiger partial charge in [-0.3, -0.25) is 9.78 Å². The summed E-state index contributed by atoms with van der Waals surface area (Å²) < 4.78 is 0. The molecule has 1 aliphatic carbocycles. The molecule has 3 nitrogen and oxygen atoms in total. The largest absolute Gasteiger partial charge is 0.369 e. The fraction of sp³-hybridized carbons (Fsp3) is 0.333. The van der Waals surface area contributed by atoms with E-state index in [1.54, 1.807) is 12.4 Å². The molecule has 62 valence electrons. The third kappa shape index (κ3) is 1.18. The Morgan fingerprint density at radius 2 is 2.50 bits per heavy atom. The van der Waals surface area contributed by atoms with E-state index in [1.165, 1.54) is 0 Å². The molecule has 0 radical (unpaired) electrons. The molecule has 0 bridgehead atoms. The average molecular weight is 162 g/mol. The summed E-state index contributed by atoms with van der Waals surface area (Å²) in [4.78, 5) is 14.7. The first-order valence-corrected chi connectivity index (χ1v) is 3.98. The van der Waals surface area contributed by atoms with Gasteiger partial charge in [-0.1, -0.05) is 6.07 Å². The summed E-state index contributed by atoms with van der Waals surface area (Å²) >= 11 is 0. The van der Waals surface area contributed by atoms with E-state index in [4.69, 9.17) is 5.73 Å². The minimum Gasteiger partial charge on any atom is -0.369 e. The van der Waals surface area contributed by atoms with Gasteiger partial charge in [0.2, 0.25) is 5.91 Å². The number of aromatic nitrogens is 1. The highest BCUT2D eigenvalue weighted by molar-refractivity contribution is 5.81.